The van der Waals surface area contributed by atoms with Crippen LogP contribution in [0.15, 0.2) is 23.2 Å². The van der Waals surface area contributed by atoms with Crippen molar-refractivity contribution in [2.24, 2.45) is 10.7 Å². The number of aliphatic imine (C=N–C) groups is 1. The highest BCUT2D eigenvalue weighted by molar-refractivity contribution is 5.98. The fraction of sp³-hybridized carbons (Fsp3) is 0.222. The smallest absolute Gasteiger partial charge is 0.292 e. The van der Waals surface area contributed by atoms with Crippen LogP contribution in [0.5, 0.6) is 0 Å². The molecule has 0 aromatic heterocycles. The Morgan fingerprint density at radius 1 is 1.56 bits per heavy atom. The normalized spacial score (nSPS) is 10.7. The number of nitrogens with zero attached hydrogens (tertiary/aromatic N) is 2. The Morgan fingerprint density at radius 3 is 2.69 bits per heavy atom. The van der Waals surface area contributed by atoms with Crippen LogP contribution in [0.4, 0.5) is 11.4 Å². The largest absolute Gasteiger partial charge is 0.393 e. The molecule has 0 aliphatic carbocycles. The van der Waals surface area contributed by atoms with E-state index in [0.29, 0.717) is 12.1 Å². The molecule has 16 heavy (non-hydrogen) atoms. The van der Waals surface area contributed by atoms with Crippen molar-refractivity contribution in [3.8, 4) is 0 Å². The van der Waals surface area contributed by atoms with Crippen LogP contribution in [0.3, 0.4) is 0 Å². The van der Waals surface area contributed by atoms with Gasteiger partial charge in [0.25, 0.3) is 5.69 Å². The van der Waals surface area contributed by atoms with Crippen LogP contribution < -0.4 is 11.5 Å². The van der Waals surface area contributed by atoms with Crippen LogP contribution in [-0.2, 0) is 0 Å². The summed E-state index contributed by atoms with van der Waals surface area (Å²) in [5.41, 5.74) is 11.5. The van der Waals surface area contributed by atoms with E-state index in [-0.39, 0.29) is 29.6 Å². The summed E-state index contributed by atoms with van der Waals surface area (Å²) in [6, 6.07) is 4.38. The molecule has 1 rings (SSSR count). The Hall–Kier alpha value is -1.82. The van der Waals surface area contributed by atoms with E-state index in [1.807, 2.05) is 6.92 Å². The Morgan fingerprint density at radius 2 is 2.19 bits per heavy atom. The third-order valence-electron chi connectivity index (χ3n) is 1.85. The second-order valence-electron chi connectivity index (χ2n) is 2.89. The molecule has 0 amide bonds. The zero-order valence-corrected chi connectivity index (χ0v) is 9.53. The van der Waals surface area contributed by atoms with Crippen LogP contribution >= 0.6 is 12.4 Å². The standard InChI is InChI=1S/C9H12N4O2.ClH/c1-2-12-9(11)6-3-4-7(10)8(5-6)13(14)15;/h3-5H,2,10H2,1H3,(H2,11,12);1H. The van der Waals surface area contributed by atoms with Crippen molar-refractivity contribution >= 4 is 29.6 Å². The summed E-state index contributed by atoms with van der Waals surface area (Å²) in [5, 5.41) is 10.6. The molecule has 1 aromatic rings. The third kappa shape index (κ3) is 3.09. The van der Waals surface area contributed by atoms with Crippen molar-refractivity contribution in [1.29, 1.82) is 0 Å². The fourth-order valence-corrected chi connectivity index (χ4v) is 1.12. The van der Waals surface area contributed by atoms with Gasteiger partial charge in [-0.05, 0) is 19.1 Å². The molecule has 0 radical (unpaired) electrons. The van der Waals surface area contributed by atoms with Gasteiger partial charge in [-0.15, -0.1) is 12.4 Å². The molecule has 0 bridgehead atoms. The highest BCUT2D eigenvalue weighted by atomic mass is 35.5. The molecule has 0 atom stereocenters. The van der Waals surface area contributed by atoms with Crippen LogP contribution in [0.1, 0.15) is 12.5 Å². The lowest BCUT2D eigenvalue weighted by atomic mass is 10.1. The molecule has 0 heterocycles. The summed E-state index contributed by atoms with van der Waals surface area (Å²) < 4.78 is 0. The molecule has 88 valence electrons. The molecule has 0 saturated heterocycles. The average molecular weight is 245 g/mol. The number of nitro groups is 1. The van der Waals surface area contributed by atoms with Crippen molar-refractivity contribution in [2.45, 2.75) is 6.92 Å². The predicted molar refractivity (Wildman–Crippen MR) is 66.0 cm³/mol. The zero-order valence-electron chi connectivity index (χ0n) is 8.71. The van der Waals surface area contributed by atoms with E-state index >= 15 is 0 Å². The first-order valence-corrected chi connectivity index (χ1v) is 4.40. The van der Waals surface area contributed by atoms with E-state index in [1.165, 1.54) is 12.1 Å². The monoisotopic (exact) mass is 244 g/mol. The van der Waals surface area contributed by atoms with Gasteiger partial charge in [0, 0.05) is 18.2 Å². The Bertz CT molecular complexity index is 420. The van der Waals surface area contributed by atoms with Gasteiger partial charge in [-0.25, -0.2) is 0 Å². The molecule has 0 aliphatic rings. The highest BCUT2D eigenvalue weighted by Crippen LogP contribution is 2.21. The number of benzene rings is 1. The minimum atomic E-state index is -0.544. The van der Waals surface area contributed by atoms with Crippen molar-refractivity contribution in [1.82, 2.24) is 0 Å². The minimum absolute atomic E-state index is 0. The Labute approximate surface area is 98.9 Å². The predicted octanol–water partition coefficient (Wildman–Crippen LogP) is 1.32. The van der Waals surface area contributed by atoms with Crippen LogP contribution in [-0.4, -0.2) is 17.3 Å². The van der Waals surface area contributed by atoms with Crippen molar-refractivity contribution in [3.05, 3.63) is 33.9 Å². The first-order chi connectivity index (χ1) is 7.06. The maximum Gasteiger partial charge on any atom is 0.292 e. The number of nitrogen functional groups attached to an aromatic ring is 1. The lowest BCUT2D eigenvalue weighted by Gasteiger charge is -2.02. The van der Waals surface area contributed by atoms with Crippen LogP contribution in [0, 0.1) is 10.1 Å². The van der Waals surface area contributed by atoms with Crippen molar-refractivity contribution < 1.29 is 4.92 Å². The number of amidine groups is 1. The van der Waals surface area contributed by atoms with Crippen LogP contribution in [0.2, 0.25) is 0 Å². The van der Waals surface area contributed by atoms with Gasteiger partial charge < -0.3 is 11.5 Å². The van der Waals surface area contributed by atoms with Gasteiger partial charge in [-0.3, -0.25) is 15.1 Å². The number of anilines is 1. The lowest BCUT2D eigenvalue weighted by molar-refractivity contribution is -0.383. The van der Waals surface area contributed by atoms with E-state index in [1.54, 1.807) is 6.07 Å². The molecule has 0 aliphatic heterocycles. The number of nitro benzene ring substituents is 1. The summed E-state index contributed by atoms with van der Waals surface area (Å²) in [5.74, 6) is 0.278. The number of hydrogen-bond acceptors (Lipinski definition) is 4. The first kappa shape index (κ1) is 14.2. The van der Waals surface area contributed by atoms with E-state index in [9.17, 15) is 10.1 Å². The topological polar surface area (TPSA) is 108 Å². The van der Waals surface area contributed by atoms with Gasteiger partial charge in [0.15, 0.2) is 0 Å². The maximum atomic E-state index is 10.6. The van der Waals surface area contributed by atoms with Crippen molar-refractivity contribution in [3.63, 3.8) is 0 Å². The quantitative estimate of drug-likeness (QED) is 0.275. The summed E-state index contributed by atoms with van der Waals surface area (Å²) in [6.07, 6.45) is 0. The summed E-state index contributed by atoms with van der Waals surface area (Å²) in [4.78, 5) is 14.0. The average Bonchev–Trinajstić information content (AvgIpc) is 2.18. The summed E-state index contributed by atoms with van der Waals surface area (Å²) in [6.45, 7) is 2.36. The summed E-state index contributed by atoms with van der Waals surface area (Å²) >= 11 is 0. The van der Waals surface area contributed by atoms with Gasteiger partial charge in [0.05, 0.1) is 4.92 Å². The van der Waals surface area contributed by atoms with E-state index in [2.05, 4.69) is 4.99 Å². The van der Waals surface area contributed by atoms with E-state index in [0.717, 1.165) is 0 Å². The molecule has 0 fully saturated rings. The van der Waals surface area contributed by atoms with Gasteiger partial charge in [-0.1, -0.05) is 0 Å². The second kappa shape index (κ2) is 5.92. The SMILES string of the molecule is CCN=C(N)c1ccc(N)c([N+](=O)[O-])c1.Cl. The molecule has 1 aromatic carbocycles. The first-order valence-electron chi connectivity index (χ1n) is 4.40. The second-order valence-corrected chi connectivity index (χ2v) is 2.89. The maximum absolute atomic E-state index is 10.6. The molecule has 4 N–H and O–H groups in total. The van der Waals surface area contributed by atoms with E-state index < -0.39 is 4.92 Å². The third-order valence-corrected chi connectivity index (χ3v) is 1.85. The minimum Gasteiger partial charge on any atom is -0.393 e. The van der Waals surface area contributed by atoms with E-state index in [4.69, 9.17) is 11.5 Å². The molecular weight excluding hydrogens is 232 g/mol. The molecule has 0 saturated carbocycles. The van der Waals surface area contributed by atoms with Gasteiger partial charge in [0.1, 0.15) is 11.5 Å². The van der Waals surface area contributed by atoms with Gasteiger partial charge >= 0.3 is 0 Å². The molecule has 0 unspecified atom stereocenters. The fourth-order valence-electron chi connectivity index (χ4n) is 1.12. The summed E-state index contributed by atoms with van der Waals surface area (Å²) in [7, 11) is 0. The number of hydrogen-bond donors (Lipinski definition) is 2. The number of nitrogens with two attached hydrogens (primary N) is 2. The molecule has 6 nitrogen and oxygen atoms in total. The van der Waals surface area contributed by atoms with Gasteiger partial charge in [0.2, 0.25) is 0 Å². The number of halogens is 1. The van der Waals surface area contributed by atoms with Crippen molar-refractivity contribution in [2.75, 3.05) is 12.3 Å². The molecule has 0 spiro atoms. The Balaban J connectivity index is 0.00000225. The Kier molecular flexibility index (Phi) is 5.24. The molecule has 7 heteroatoms. The lowest BCUT2D eigenvalue weighted by Crippen LogP contribution is -2.14. The molecular formula is C9H13ClN4O2. The van der Waals surface area contributed by atoms with Crippen LogP contribution in [0.25, 0.3) is 0 Å². The zero-order chi connectivity index (χ0) is 11.4. The van der Waals surface area contributed by atoms with Gasteiger partial charge in [-0.2, -0.15) is 0 Å². The highest BCUT2D eigenvalue weighted by Gasteiger charge is 2.12. The number of rotatable bonds is 3.